The molecule has 0 aromatic carbocycles. The number of methoxy groups -OCH3 is 1. The van der Waals surface area contributed by atoms with Crippen molar-refractivity contribution in [3.8, 4) is 0 Å². The van der Waals surface area contributed by atoms with Crippen LogP contribution in [-0.2, 0) is 15.9 Å². The first kappa shape index (κ1) is 15.9. The molecule has 104 valence electrons. The second-order valence-electron chi connectivity index (χ2n) is 3.88. The van der Waals surface area contributed by atoms with Crippen LogP contribution in [0.2, 0.25) is 4.34 Å². The molecule has 6 heteroatoms. The number of halogens is 1. The number of aliphatic hydroxyl groups is 1. The van der Waals surface area contributed by atoms with Crippen molar-refractivity contribution in [2.45, 2.75) is 12.5 Å². The monoisotopic (exact) mass is 293 g/mol. The molecule has 0 saturated carbocycles. The normalized spacial score (nSPS) is 12.8. The van der Waals surface area contributed by atoms with Crippen molar-refractivity contribution in [3.63, 3.8) is 0 Å². The smallest absolute Gasteiger partial charge is 0.0931 e. The molecule has 0 saturated heterocycles. The summed E-state index contributed by atoms with van der Waals surface area (Å²) in [4.78, 5) is 1.25. The minimum atomic E-state index is -0.478. The van der Waals surface area contributed by atoms with Gasteiger partial charge in [0, 0.05) is 25.1 Å². The molecule has 1 aromatic heterocycles. The van der Waals surface area contributed by atoms with Gasteiger partial charge in [-0.2, -0.15) is 0 Å². The van der Waals surface area contributed by atoms with Crippen molar-refractivity contribution in [1.29, 1.82) is 0 Å². The van der Waals surface area contributed by atoms with Crippen LogP contribution in [-0.4, -0.2) is 51.2 Å². The van der Waals surface area contributed by atoms with E-state index in [2.05, 4.69) is 5.32 Å². The summed E-state index contributed by atoms with van der Waals surface area (Å²) < 4.78 is 10.9. The molecule has 0 aliphatic heterocycles. The molecule has 1 aromatic rings. The number of ether oxygens (including phenoxy) is 2. The second-order valence-corrected chi connectivity index (χ2v) is 5.68. The highest BCUT2D eigenvalue weighted by Gasteiger charge is 2.04. The number of aliphatic hydroxyl groups excluding tert-OH is 1. The highest BCUT2D eigenvalue weighted by molar-refractivity contribution is 7.16. The first-order valence-electron chi connectivity index (χ1n) is 5.92. The molecular formula is C12H20ClNO3S. The minimum absolute atomic E-state index is 0.335. The Morgan fingerprint density at radius 2 is 2.28 bits per heavy atom. The standard InChI is InChI=1S/C12H20ClNO3S/c1-16-6-7-17-9-10(15)8-14-5-4-11-2-3-12(13)18-11/h2-3,10,14-15H,4-9H2,1H3. The highest BCUT2D eigenvalue weighted by Crippen LogP contribution is 2.21. The van der Waals surface area contributed by atoms with E-state index in [1.54, 1.807) is 18.4 Å². The molecule has 18 heavy (non-hydrogen) atoms. The molecule has 1 rings (SSSR count). The maximum atomic E-state index is 9.60. The predicted octanol–water partition coefficient (Wildman–Crippen LogP) is 1.56. The summed E-state index contributed by atoms with van der Waals surface area (Å²) in [5.74, 6) is 0. The van der Waals surface area contributed by atoms with Gasteiger partial charge in [-0.15, -0.1) is 11.3 Å². The van der Waals surface area contributed by atoms with Gasteiger partial charge in [-0.1, -0.05) is 11.6 Å². The third kappa shape index (κ3) is 7.31. The van der Waals surface area contributed by atoms with Crippen molar-refractivity contribution in [2.24, 2.45) is 0 Å². The molecule has 0 radical (unpaired) electrons. The molecule has 0 fully saturated rings. The summed E-state index contributed by atoms with van der Waals surface area (Å²) in [6, 6.07) is 3.93. The zero-order valence-corrected chi connectivity index (χ0v) is 12.1. The van der Waals surface area contributed by atoms with E-state index < -0.39 is 6.10 Å². The van der Waals surface area contributed by atoms with Gasteiger partial charge in [-0.3, -0.25) is 0 Å². The average molecular weight is 294 g/mol. The van der Waals surface area contributed by atoms with Gasteiger partial charge in [0.1, 0.15) is 0 Å². The van der Waals surface area contributed by atoms with Crippen molar-refractivity contribution in [3.05, 3.63) is 21.3 Å². The Morgan fingerprint density at radius 1 is 1.44 bits per heavy atom. The lowest BCUT2D eigenvalue weighted by Gasteiger charge is -2.11. The zero-order chi connectivity index (χ0) is 13.2. The van der Waals surface area contributed by atoms with Crippen LogP contribution in [0.25, 0.3) is 0 Å². The Kier molecular flexibility index (Phi) is 8.58. The molecule has 0 aliphatic carbocycles. The topological polar surface area (TPSA) is 50.7 Å². The van der Waals surface area contributed by atoms with Crippen LogP contribution in [0.1, 0.15) is 4.88 Å². The van der Waals surface area contributed by atoms with Crippen LogP contribution < -0.4 is 5.32 Å². The van der Waals surface area contributed by atoms with Crippen molar-refractivity contribution in [2.75, 3.05) is 40.0 Å². The van der Waals surface area contributed by atoms with Gasteiger partial charge in [0.2, 0.25) is 0 Å². The van der Waals surface area contributed by atoms with Crippen LogP contribution in [0.3, 0.4) is 0 Å². The van der Waals surface area contributed by atoms with E-state index in [9.17, 15) is 5.11 Å². The molecule has 0 aliphatic rings. The molecule has 1 unspecified atom stereocenters. The number of hydrogen-bond donors (Lipinski definition) is 2. The zero-order valence-electron chi connectivity index (χ0n) is 10.5. The molecular weight excluding hydrogens is 274 g/mol. The van der Waals surface area contributed by atoms with Crippen LogP contribution in [0.4, 0.5) is 0 Å². The third-order valence-corrected chi connectivity index (χ3v) is 3.59. The van der Waals surface area contributed by atoms with E-state index in [4.69, 9.17) is 21.1 Å². The van der Waals surface area contributed by atoms with E-state index in [0.717, 1.165) is 17.3 Å². The van der Waals surface area contributed by atoms with Crippen LogP contribution in [0.15, 0.2) is 12.1 Å². The number of hydrogen-bond acceptors (Lipinski definition) is 5. The summed E-state index contributed by atoms with van der Waals surface area (Å²) in [5, 5.41) is 12.8. The maximum absolute atomic E-state index is 9.60. The lowest BCUT2D eigenvalue weighted by atomic mass is 10.3. The Labute approximate surface area is 117 Å². The largest absolute Gasteiger partial charge is 0.389 e. The van der Waals surface area contributed by atoms with E-state index in [1.165, 1.54) is 4.88 Å². The Balaban J connectivity index is 1.96. The van der Waals surface area contributed by atoms with Crippen LogP contribution in [0, 0.1) is 0 Å². The van der Waals surface area contributed by atoms with Gasteiger partial charge in [-0.05, 0) is 18.6 Å². The van der Waals surface area contributed by atoms with E-state index in [0.29, 0.717) is 26.4 Å². The van der Waals surface area contributed by atoms with E-state index in [1.807, 2.05) is 12.1 Å². The van der Waals surface area contributed by atoms with Gasteiger partial charge in [-0.25, -0.2) is 0 Å². The summed E-state index contributed by atoms with van der Waals surface area (Å²) >= 11 is 7.43. The third-order valence-electron chi connectivity index (χ3n) is 2.30. The molecule has 1 heterocycles. The van der Waals surface area contributed by atoms with Crippen LogP contribution in [0.5, 0.6) is 0 Å². The van der Waals surface area contributed by atoms with E-state index >= 15 is 0 Å². The summed E-state index contributed by atoms with van der Waals surface area (Å²) in [6.45, 7) is 2.76. The average Bonchev–Trinajstić information content (AvgIpc) is 2.76. The maximum Gasteiger partial charge on any atom is 0.0931 e. The number of rotatable bonds is 10. The first-order chi connectivity index (χ1) is 8.72. The lowest BCUT2D eigenvalue weighted by Crippen LogP contribution is -2.31. The molecule has 2 N–H and O–H groups in total. The second kappa shape index (κ2) is 9.72. The molecule has 0 amide bonds. The predicted molar refractivity (Wildman–Crippen MR) is 74.6 cm³/mol. The van der Waals surface area contributed by atoms with Crippen molar-refractivity contribution in [1.82, 2.24) is 5.32 Å². The Hall–Kier alpha value is -0.170. The number of thiophene rings is 1. The van der Waals surface area contributed by atoms with Crippen molar-refractivity contribution >= 4 is 22.9 Å². The van der Waals surface area contributed by atoms with Gasteiger partial charge in [0.05, 0.1) is 30.3 Å². The number of nitrogens with one attached hydrogen (secondary N) is 1. The van der Waals surface area contributed by atoms with Gasteiger partial charge in [0.25, 0.3) is 0 Å². The Morgan fingerprint density at radius 3 is 2.94 bits per heavy atom. The molecule has 1 atom stereocenters. The summed E-state index contributed by atoms with van der Waals surface area (Å²) in [6.07, 6.45) is 0.447. The summed E-state index contributed by atoms with van der Waals surface area (Å²) in [5.41, 5.74) is 0. The minimum Gasteiger partial charge on any atom is -0.389 e. The van der Waals surface area contributed by atoms with E-state index in [-0.39, 0.29) is 0 Å². The van der Waals surface area contributed by atoms with Gasteiger partial charge in [0.15, 0.2) is 0 Å². The van der Waals surface area contributed by atoms with Crippen molar-refractivity contribution < 1.29 is 14.6 Å². The fraction of sp³-hybridized carbons (Fsp3) is 0.667. The fourth-order valence-electron chi connectivity index (χ4n) is 1.39. The molecule has 4 nitrogen and oxygen atoms in total. The lowest BCUT2D eigenvalue weighted by molar-refractivity contribution is 0.0139. The fourth-order valence-corrected chi connectivity index (χ4v) is 2.47. The summed E-state index contributed by atoms with van der Waals surface area (Å²) in [7, 11) is 1.62. The quantitative estimate of drug-likeness (QED) is 0.643. The van der Waals surface area contributed by atoms with Gasteiger partial charge < -0.3 is 19.9 Å². The molecule has 0 spiro atoms. The molecule has 0 bridgehead atoms. The highest BCUT2D eigenvalue weighted by atomic mass is 35.5. The van der Waals surface area contributed by atoms with Crippen LogP contribution >= 0.6 is 22.9 Å². The first-order valence-corrected chi connectivity index (χ1v) is 7.11. The SMILES string of the molecule is COCCOCC(O)CNCCc1ccc(Cl)s1. The Bertz CT molecular complexity index is 322. The van der Waals surface area contributed by atoms with Gasteiger partial charge >= 0.3 is 0 Å².